The van der Waals surface area contributed by atoms with Crippen molar-refractivity contribution in [2.24, 2.45) is 0 Å². The number of benzene rings is 7. The molecule has 0 saturated carbocycles. The largest absolute Gasteiger partial charge is 0.265 e. The van der Waals surface area contributed by atoms with Gasteiger partial charge < -0.3 is 0 Å². The Balaban J connectivity index is 1.14. The normalized spacial score (nSPS) is 14.5. The first kappa shape index (κ1) is 30.8. The first-order valence-electron chi connectivity index (χ1n) is 17.9. The highest BCUT2D eigenvalue weighted by Crippen LogP contribution is 2.56. The number of hydrogen-bond acceptors (Lipinski definition) is 4. The summed E-state index contributed by atoms with van der Waals surface area (Å²) in [7, 11) is 0. The molecule has 53 heavy (non-hydrogen) atoms. The van der Waals surface area contributed by atoms with Gasteiger partial charge in [0.25, 0.3) is 0 Å². The molecule has 0 radical (unpaired) electrons. The minimum absolute atomic E-state index is 0.500. The average molecular weight is 677 g/mol. The number of pyridine rings is 1. The predicted octanol–water partition coefficient (Wildman–Crippen LogP) is 11.5. The van der Waals surface area contributed by atoms with Crippen LogP contribution in [0.2, 0.25) is 0 Å². The molecule has 7 aromatic carbocycles. The van der Waals surface area contributed by atoms with E-state index in [1.807, 2.05) is 42.7 Å². The second-order valence-corrected chi connectivity index (χ2v) is 13.4. The van der Waals surface area contributed by atoms with E-state index in [2.05, 4.69) is 157 Å². The molecule has 0 N–H and O–H groups in total. The van der Waals surface area contributed by atoms with Crippen molar-refractivity contribution in [3.8, 4) is 56.4 Å². The van der Waals surface area contributed by atoms with E-state index in [1.54, 1.807) is 0 Å². The van der Waals surface area contributed by atoms with Crippen molar-refractivity contribution in [2.45, 2.75) is 5.41 Å². The monoisotopic (exact) mass is 676 g/mol. The number of fused-ring (bicyclic) bond motifs is 4. The van der Waals surface area contributed by atoms with E-state index >= 15 is 0 Å². The highest BCUT2D eigenvalue weighted by molar-refractivity contribution is 5.97. The van der Waals surface area contributed by atoms with Gasteiger partial charge in [-0.25, -0.2) is 15.0 Å². The third-order valence-electron chi connectivity index (χ3n) is 10.5. The van der Waals surface area contributed by atoms with E-state index in [9.17, 15) is 0 Å². The Kier molecular flexibility index (Phi) is 7.33. The molecule has 248 valence electrons. The molecule has 0 saturated heterocycles. The summed E-state index contributed by atoms with van der Waals surface area (Å²) in [5, 5.41) is 2.46. The van der Waals surface area contributed by atoms with Crippen LogP contribution in [0, 0.1) is 0 Å². The van der Waals surface area contributed by atoms with Crippen molar-refractivity contribution >= 4 is 10.8 Å². The molecule has 0 bridgehead atoms. The summed E-state index contributed by atoms with van der Waals surface area (Å²) in [5.41, 5.74) is 11.9. The minimum atomic E-state index is -0.500. The first-order valence-corrected chi connectivity index (χ1v) is 17.9. The Morgan fingerprint density at radius 2 is 0.868 bits per heavy atom. The fourth-order valence-electron chi connectivity index (χ4n) is 8.13. The summed E-state index contributed by atoms with van der Waals surface area (Å²) in [4.78, 5) is 19.7. The molecule has 1 unspecified atom stereocenters. The van der Waals surface area contributed by atoms with Gasteiger partial charge in [-0.2, -0.15) is 0 Å². The van der Waals surface area contributed by atoms with Crippen molar-refractivity contribution in [1.82, 2.24) is 19.9 Å². The van der Waals surface area contributed by atoms with Crippen molar-refractivity contribution in [3.63, 3.8) is 0 Å². The van der Waals surface area contributed by atoms with E-state index in [4.69, 9.17) is 15.0 Å². The molecule has 0 fully saturated rings. The highest BCUT2D eigenvalue weighted by atomic mass is 15.0. The van der Waals surface area contributed by atoms with Crippen LogP contribution in [0.1, 0.15) is 22.3 Å². The summed E-state index contributed by atoms with van der Waals surface area (Å²) >= 11 is 0. The van der Waals surface area contributed by atoms with Gasteiger partial charge in [0, 0.05) is 29.1 Å². The van der Waals surface area contributed by atoms with Crippen molar-refractivity contribution in [2.75, 3.05) is 0 Å². The second-order valence-electron chi connectivity index (χ2n) is 13.4. The van der Waals surface area contributed by atoms with Gasteiger partial charge in [0.2, 0.25) is 0 Å². The van der Waals surface area contributed by atoms with Crippen molar-refractivity contribution in [3.05, 3.63) is 217 Å². The van der Waals surface area contributed by atoms with Crippen LogP contribution in [0.4, 0.5) is 0 Å². The smallest absolute Gasteiger partial charge is 0.164 e. The third kappa shape index (κ3) is 5.07. The van der Waals surface area contributed by atoms with Crippen molar-refractivity contribution in [1.29, 1.82) is 0 Å². The Labute approximate surface area is 308 Å². The molecule has 0 spiro atoms. The van der Waals surface area contributed by atoms with E-state index in [0.29, 0.717) is 17.5 Å². The summed E-state index contributed by atoms with van der Waals surface area (Å²) in [6, 6.07) is 64.2. The predicted molar refractivity (Wildman–Crippen MR) is 214 cm³/mol. The summed E-state index contributed by atoms with van der Waals surface area (Å²) in [6.45, 7) is 0. The maximum absolute atomic E-state index is 5.16. The van der Waals surface area contributed by atoms with Gasteiger partial charge in [0.1, 0.15) is 0 Å². The van der Waals surface area contributed by atoms with Crippen LogP contribution in [0.5, 0.6) is 0 Å². The van der Waals surface area contributed by atoms with Crippen LogP contribution in [-0.2, 0) is 5.41 Å². The Bertz CT molecular complexity index is 2720. The average Bonchev–Trinajstić information content (AvgIpc) is 3.55. The topological polar surface area (TPSA) is 51.6 Å². The van der Waals surface area contributed by atoms with Gasteiger partial charge in [-0.1, -0.05) is 164 Å². The van der Waals surface area contributed by atoms with E-state index in [0.717, 1.165) is 22.3 Å². The van der Waals surface area contributed by atoms with Gasteiger partial charge in [-0.3, -0.25) is 4.98 Å². The molecule has 2 heterocycles. The zero-order valence-electron chi connectivity index (χ0n) is 28.8. The van der Waals surface area contributed by atoms with Gasteiger partial charge in [0.05, 0.1) is 5.41 Å². The number of rotatable bonds is 6. The van der Waals surface area contributed by atoms with Crippen LogP contribution in [0.15, 0.2) is 194 Å². The molecular formula is C49H32N4. The minimum Gasteiger partial charge on any atom is -0.265 e. The van der Waals surface area contributed by atoms with E-state index in [-0.39, 0.29) is 0 Å². The quantitative estimate of drug-likeness (QED) is 0.176. The molecule has 2 aromatic heterocycles. The highest BCUT2D eigenvalue weighted by Gasteiger charge is 2.46. The molecule has 10 rings (SSSR count). The molecule has 4 nitrogen and oxygen atoms in total. The van der Waals surface area contributed by atoms with Gasteiger partial charge >= 0.3 is 0 Å². The van der Waals surface area contributed by atoms with Crippen LogP contribution >= 0.6 is 0 Å². The number of nitrogens with zero attached hydrogens (tertiary/aromatic N) is 4. The maximum Gasteiger partial charge on any atom is 0.164 e. The standard InChI is InChI=1S/C49H32N4/c1-3-13-35(14-4-1)46-51-47(36-24-22-34(23-25-36)41-20-11-15-33-12-7-8-18-40(33)41)53-48(52-46)37-26-27-45-43(32-37)42-19-9-10-21-44(42)49(45,38-16-5-2-6-17-38)39-28-30-50-31-29-39/h1-32H. The van der Waals surface area contributed by atoms with E-state index in [1.165, 1.54) is 49.7 Å². The van der Waals surface area contributed by atoms with Gasteiger partial charge in [0.15, 0.2) is 17.5 Å². The molecule has 1 atom stereocenters. The maximum atomic E-state index is 5.16. The van der Waals surface area contributed by atoms with Gasteiger partial charge in [-0.15, -0.1) is 0 Å². The van der Waals surface area contributed by atoms with Crippen LogP contribution in [-0.4, -0.2) is 19.9 Å². The second kappa shape index (κ2) is 12.6. The Hall–Kier alpha value is -7.04. The lowest BCUT2D eigenvalue weighted by molar-refractivity contribution is 0.766. The van der Waals surface area contributed by atoms with E-state index < -0.39 is 5.41 Å². The SMILES string of the molecule is c1ccc(-c2nc(-c3ccc(-c4cccc5ccccc45)cc3)nc(-c3ccc4c(c3)-c3ccccc3C4(c3ccccc3)c3ccncc3)n2)cc1. The Morgan fingerprint density at radius 3 is 1.64 bits per heavy atom. The Morgan fingerprint density at radius 1 is 0.340 bits per heavy atom. The lowest BCUT2D eigenvalue weighted by Crippen LogP contribution is -2.28. The summed E-state index contributed by atoms with van der Waals surface area (Å²) in [6.07, 6.45) is 3.78. The molecule has 4 heteroatoms. The molecule has 0 amide bonds. The lowest BCUT2D eigenvalue weighted by Gasteiger charge is -2.33. The van der Waals surface area contributed by atoms with Crippen LogP contribution in [0.3, 0.4) is 0 Å². The molecular weight excluding hydrogens is 645 g/mol. The first-order chi connectivity index (χ1) is 26.3. The third-order valence-corrected chi connectivity index (χ3v) is 10.5. The van der Waals surface area contributed by atoms with Gasteiger partial charge in [-0.05, 0) is 73.5 Å². The zero-order valence-corrected chi connectivity index (χ0v) is 28.8. The van der Waals surface area contributed by atoms with Crippen LogP contribution in [0.25, 0.3) is 67.2 Å². The van der Waals surface area contributed by atoms with Crippen LogP contribution < -0.4 is 0 Å². The fourth-order valence-corrected chi connectivity index (χ4v) is 8.13. The number of aromatic nitrogens is 4. The summed E-state index contributed by atoms with van der Waals surface area (Å²) < 4.78 is 0. The zero-order chi connectivity index (χ0) is 35.2. The molecule has 1 aliphatic carbocycles. The lowest BCUT2D eigenvalue weighted by atomic mass is 9.68. The molecule has 0 aliphatic heterocycles. The van der Waals surface area contributed by atoms with Crippen molar-refractivity contribution < 1.29 is 0 Å². The fraction of sp³-hybridized carbons (Fsp3) is 0.0204. The number of hydrogen-bond donors (Lipinski definition) is 0. The molecule has 9 aromatic rings. The summed E-state index contributed by atoms with van der Waals surface area (Å²) in [5.74, 6) is 1.91. The molecule has 1 aliphatic rings.